The molecule has 0 spiro atoms. The van der Waals surface area contributed by atoms with E-state index >= 15 is 0 Å². The third-order valence-corrected chi connectivity index (χ3v) is 5.99. The van der Waals surface area contributed by atoms with Gasteiger partial charge in [0.1, 0.15) is 18.0 Å². The van der Waals surface area contributed by atoms with E-state index in [2.05, 4.69) is 10.1 Å². The molecule has 3 atom stereocenters. The van der Waals surface area contributed by atoms with Crippen molar-refractivity contribution in [3.8, 4) is 6.07 Å². The van der Waals surface area contributed by atoms with Crippen molar-refractivity contribution >= 4 is 41.5 Å². The molecule has 1 N–H and O–H groups in total. The Balaban J connectivity index is 1.77. The van der Waals surface area contributed by atoms with Gasteiger partial charge in [-0.05, 0) is 17.5 Å². The number of ether oxygens (including phenoxy) is 3. The Morgan fingerprint density at radius 2 is 1.82 bits per heavy atom. The van der Waals surface area contributed by atoms with Gasteiger partial charge in [0.25, 0.3) is 5.91 Å². The number of nitrogens with one attached hydrogen (secondary N) is 1. The summed E-state index contributed by atoms with van der Waals surface area (Å²) in [5.74, 6) is -3.28. The number of amides is 2. The molecule has 2 aliphatic heterocycles. The molecule has 1 saturated heterocycles. The lowest BCUT2D eigenvalue weighted by Gasteiger charge is -2.51. The summed E-state index contributed by atoms with van der Waals surface area (Å²) in [6.07, 6.45) is 0. The predicted molar refractivity (Wildman–Crippen MR) is 112 cm³/mol. The molecule has 0 saturated carbocycles. The molecule has 0 aromatic heterocycles. The van der Waals surface area contributed by atoms with Gasteiger partial charge in [-0.2, -0.15) is 5.26 Å². The van der Waals surface area contributed by atoms with Gasteiger partial charge in [0.15, 0.2) is 6.04 Å². The lowest BCUT2D eigenvalue weighted by Crippen LogP contribution is -2.74. The summed E-state index contributed by atoms with van der Waals surface area (Å²) in [4.78, 5) is 61.6. The number of carbonyl (C=O) groups excluding carboxylic acids is 5. The summed E-state index contributed by atoms with van der Waals surface area (Å²) < 4.78 is 14.5. The second-order valence-corrected chi connectivity index (χ2v) is 7.96. The molecular formula is C21H19N3O8S. The minimum Gasteiger partial charge on any atom is -0.461 e. The van der Waals surface area contributed by atoms with Crippen LogP contribution >= 0.6 is 11.8 Å². The fourth-order valence-electron chi connectivity index (χ4n) is 3.25. The van der Waals surface area contributed by atoms with Crippen molar-refractivity contribution in [3.05, 3.63) is 46.4 Å². The largest absolute Gasteiger partial charge is 0.461 e. The average molecular weight is 473 g/mol. The van der Waals surface area contributed by atoms with Crippen molar-refractivity contribution in [2.75, 3.05) is 13.4 Å². The van der Waals surface area contributed by atoms with Gasteiger partial charge in [-0.15, -0.1) is 11.8 Å². The maximum Gasteiger partial charge on any atom is 0.336 e. The first-order valence-electron chi connectivity index (χ1n) is 9.64. The molecule has 33 heavy (non-hydrogen) atoms. The number of β-lactam (4-membered cyclic amide) rings is 1. The molecule has 0 aliphatic carbocycles. The normalized spacial score (nSPS) is 20.9. The highest BCUT2D eigenvalue weighted by molar-refractivity contribution is 8.02. The van der Waals surface area contributed by atoms with Gasteiger partial charge < -0.3 is 24.4 Å². The minimum atomic E-state index is -1.22. The van der Waals surface area contributed by atoms with Gasteiger partial charge in [-0.3, -0.25) is 19.2 Å². The van der Waals surface area contributed by atoms with Crippen LogP contribution in [-0.4, -0.2) is 65.5 Å². The molecule has 11 nitrogen and oxygen atoms in total. The summed E-state index contributed by atoms with van der Waals surface area (Å²) in [5.41, 5.74) is 0.577. The molecule has 1 fully saturated rings. The number of esters is 3. The van der Waals surface area contributed by atoms with Crippen molar-refractivity contribution < 1.29 is 38.2 Å². The molecular weight excluding hydrogens is 454 g/mol. The first-order valence-corrected chi connectivity index (χ1v) is 10.6. The topological polar surface area (TPSA) is 152 Å². The van der Waals surface area contributed by atoms with Crippen molar-refractivity contribution in [2.45, 2.75) is 31.3 Å². The van der Waals surface area contributed by atoms with E-state index < -0.39 is 54.0 Å². The highest BCUT2D eigenvalue weighted by Gasteiger charge is 2.56. The summed E-state index contributed by atoms with van der Waals surface area (Å²) in [6.45, 7) is 1.45. The molecule has 0 radical (unpaired) electrons. The lowest BCUT2D eigenvalue weighted by atomic mass is 9.97. The molecule has 12 heteroatoms. The van der Waals surface area contributed by atoms with Crippen molar-refractivity contribution in [3.63, 3.8) is 0 Å². The Hall–Kier alpha value is -3.85. The Morgan fingerprint density at radius 1 is 1.12 bits per heavy atom. The second kappa shape index (κ2) is 10.2. The average Bonchev–Trinajstić information content (AvgIpc) is 2.79. The number of hydrogen-bond acceptors (Lipinski definition) is 10. The van der Waals surface area contributed by atoms with Crippen LogP contribution in [0.25, 0.3) is 0 Å². The Kier molecular flexibility index (Phi) is 7.34. The van der Waals surface area contributed by atoms with Gasteiger partial charge >= 0.3 is 17.9 Å². The van der Waals surface area contributed by atoms with Gasteiger partial charge in [0.05, 0.1) is 17.2 Å². The van der Waals surface area contributed by atoms with Crippen LogP contribution < -0.4 is 5.32 Å². The maximum atomic E-state index is 12.9. The molecule has 2 amide bonds. The monoisotopic (exact) mass is 473 g/mol. The van der Waals surface area contributed by atoms with E-state index in [0.717, 1.165) is 18.7 Å². The third-order valence-electron chi connectivity index (χ3n) is 4.78. The van der Waals surface area contributed by atoms with Crippen LogP contribution in [0.4, 0.5) is 0 Å². The summed E-state index contributed by atoms with van der Waals surface area (Å²) in [5, 5.41) is 12.7. The standard InChI is InChI=1S/C21H19N3O8S/c1-11(25)30-8-14-9-33-20-16(23-18(27)15-6-4-3-5-13(15)7-22)19(28)24(20)17(14)21(29)32-10-31-12(2)26/h3-6,9,16-17,20H,8,10H2,1-2H3,(H,23,27)/t16?,17?,20-/m0/s1. The number of fused-ring (bicyclic) bond motifs is 1. The van der Waals surface area contributed by atoms with Crippen molar-refractivity contribution in [1.29, 1.82) is 5.26 Å². The highest BCUT2D eigenvalue weighted by atomic mass is 32.2. The Bertz CT molecular complexity index is 1080. The van der Waals surface area contributed by atoms with E-state index in [4.69, 9.17) is 9.47 Å². The van der Waals surface area contributed by atoms with E-state index in [0.29, 0.717) is 5.57 Å². The van der Waals surface area contributed by atoms with Crippen LogP contribution in [0.2, 0.25) is 0 Å². The molecule has 1 aromatic carbocycles. The molecule has 172 valence electrons. The SMILES string of the molecule is CC(=O)OCOC(=O)C1C(COC(C)=O)=CS[C@H]2C(NC(=O)c3ccccc3C#N)C(=O)N12. The second-order valence-electron chi connectivity index (χ2n) is 6.97. The zero-order chi connectivity index (χ0) is 24.1. The summed E-state index contributed by atoms with van der Waals surface area (Å²) in [7, 11) is 0. The number of carbonyl (C=O) groups is 5. The fraction of sp³-hybridized carbons (Fsp3) is 0.333. The van der Waals surface area contributed by atoms with Crippen molar-refractivity contribution in [2.24, 2.45) is 0 Å². The fourth-order valence-corrected chi connectivity index (χ4v) is 4.46. The number of rotatable bonds is 7. The van der Waals surface area contributed by atoms with Gasteiger partial charge in [-0.25, -0.2) is 4.79 Å². The maximum absolute atomic E-state index is 12.9. The van der Waals surface area contributed by atoms with E-state index in [1.165, 1.54) is 24.0 Å². The molecule has 3 rings (SSSR count). The van der Waals surface area contributed by atoms with Crippen LogP contribution in [0.15, 0.2) is 35.2 Å². The van der Waals surface area contributed by atoms with Crippen LogP contribution in [0.3, 0.4) is 0 Å². The number of nitriles is 1. The quantitative estimate of drug-likeness (QED) is 0.336. The summed E-state index contributed by atoms with van der Waals surface area (Å²) >= 11 is 1.16. The number of benzene rings is 1. The third kappa shape index (κ3) is 5.15. The Morgan fingerprint density at radius 3 is 2.48 bits per heavy atom. The predicted octanol–water partition coefficient (Wildman–Crippen LogP) is 0.451. The molecule has 2 aliphatic rings. The number of thioether (sulfide) groups is 1. The van der Waals surface area contributed by atoms with Crippen LogP contribution in [0.5, 0.6) is 0 Å². The van der Waals surface area contributed by atoms with Crippen molar-refractivity contribution in [1.82, 2.24) is 10.2 Å². The van der Waals surface area contributed by atoms with Crippen LogP contribution in [0, 0.1) is 11.3 Å². The van der Waals surface area contributed by atoms with Crippen LogP contribution in [0.1, 0.15) is 29.8 Å². The minimum absolute atomic E-state index is 0.121. The molecule has 2 unspecified atom stereocenters. The van der Waals surface area contributed by atoms with E-state index in [-0.39, 0.29) is 17.7 Å². The molecule has 1 aromatic rings. The zero-order valence-corrected chi connectivity index (χ0v) is 18.4. The number of nitrogens with zero attached hydrogens (tertiary/aromatic N) is 2. The van der Waals surface area contributed by atoms with E-state index in [1.54, 1.807) is 17.5 Å². The zero-order valence-electron chi connectivity index (χ0n) is 17.6. The lowest BCUT2D eigenvalue weighted by molar-refractivity contribution is -0.174. The van der Waals surface area contributed by atoms with Crippen LogP contribution in [-0.2, 0) is 33.4 Å². The van der Waals surface area contributed by atoms with Gasteiger partial charge in [-0.1, -0.05) is 12.1 Å². The first kappa shape index (κ1) is 23.8. The van der Waals surface area contributed by atoms with E-state index in [9.17, 15) is 29.2 Å². The molecule has 2 heterocycles. The summed E-state index contributed by atoms with van der Waals surface area (Å²) in [6, 6.07) is 5.91. The number of hydrogen-bond donors (Lipinski definition) is 1. The van der Waals surface area contributed by atoms with E-state index in [1.807, 2.05) is 6.07 Å². The molecule has 0 bridgehead atoms. The van der Waals surface area contributed by atoms with Gasteiger partial charge in [0, 0.05) is 19.4 Å². The first-order chi connectivity index (χ1) is 15.7. The smallest absolute Gasteiger partial charge is 0.336 e. The Labute approximate surface area is 192 Å². The van der Waals surface area contributed by atoms with Gasteiger partial charge in [0.2, 0.25) is 12.7 Å². The highest BCUT2D eigenvalue weighted by Crippen LogP contribution is 2.40.